The Morgan fingerprint density at radius 3 is 1.73 bits per heavy atom. The number of aryl methyl sites for hydroxylation is 1. The molecule has 0 saturated carbocycles. The average molecular weight is 304 g/mol. The van der Waals surface area contributed by atoms with Crippen LogP contribution in [0.15, 0.2) is 24.3 Å². The van der Waals surface area contributed by atoms with Gasteiger partial charge in [-0.15, -0.1) is 12.1 Å². The monoisotopic (exact) mass is 304 g/mol. The Kier molecular flexibility index (Phi) is 9.66. The summed E-state index contributed by atoms with van der Waals surface area (Å²) in [6.45, 7) is 5.83. The van der Waals surface area contributed by atoms with Crippen molar-refractivity contribution in [2.75, 3.05) is 13.4 Å². The number of benzene rings is 1. The molecular formula is C10H15O3SY-. The Bertz CT molecular complexity index is 336. The van der Waals surface area contributed by atoms with Gasteiger partial charge in [0.25, 0.3) is 10.1 Å². The molecule has 0 fully saturated rings. The summed E-state index contributed by atoms with van der Waals surface area (Å²) in [6, 6.07) is 8.13. The van der Waals surface area contributed by atoms with Crippen LogP contribution in [-0.2, 0) is 47.0 Å². The molecule has 0 unspecified atom stereocenters. The van der Waals surface area contributed by atoms with Gasteiger partial charge in [-0.3, -0.25) is 4.18 Å². The van der Waals surface area contributed by atoms with Crippen molar-refractivity contribution in [3.8, 4) is 0 Å². The normalized spacial score (nSPS) is 9.53. The van der Waals surface area contributed by atoms with Gasteiger partial charge in [-0.2, -0.15) is 33.0 Å². The van der Waals surface area contributed by atoms with Crippen molar-refractivity contribution >= 4 is 10.1 Å². The zero-order chi connectivity index (χ0) is 11.2. The molecule has 3 nitrogen and oxygen atoms in total. The zero-order valence-electron chi connectivity index (χ0n) is 9.23. The summed E-state index contributed by atoms with van der Waals surface area (Å²) < 4.78 is 23.5. The molecule has 0 aliphatic carbocycles. The molecule has 0 aliphatic heterocycles. The molecule has 1 aromatic rings. The Morgan fingerprint density at radius 1 is 1.20 bits per heavy atom. The Labute approximate surface area is 117 Å². The van der Waals surface area contributed by atoms with Crippen LogP contribution >= 0.6 is 0 Å². The van der Waals surface area contributed by atoms with E-state index in [-0.39, 0.29) is 32.7 Å². The first-order chi connectivity index (χ1) is 6.35. The van der Waals surface area contributed by atoms with Crippen molar-refractivity contribution in [3.63, 3.8) is 0 Å². The van der Waals surface area contributed by atoms with Crippen LogP contribution in [0.25, 0.3) is 0 Å². The third kappa shape index (κ3) is 12.0. The van der Waals surface area contributed by atoms with Crippen molar-refractivity contribution in [1.82, 2.24) is 0 Å². The SMILES string of the molecule is COS(C)(=O)=O.[CH2-]c1ccc(C)cc1.[Y]. The van der Waals surface area contributed by atoms with Crippen LogP contribution in [0.2, 0.25) is 0 Å². The largest absolute Gasteiger partial charge is 0.274 e. The summed E-state index contributed by atoms with van der Waals surface area (Å²) in [5, 5.41) is 0. The minimum atomic E-state index is -3.16. The van der Waals surface area contributed by atoms with Gasteiger partial charge in [0.1, 0.15) is 0 Å². The Balaban J connectivity index is 0. The Hall–Kier alpha value is 0.104. The molecule has 1 aromatic carbocycles. The van der Waals surface area contributed by atoms with E-state index in [0.29, 0.717) is 0 Å². The quantitative estimate of drug-likeness (QED) is 0.586. The fourth-order valence-corrected chi connectivity index (χ4v) is 0.588. The third-order valence-corrected chi connectivity index (χ3v) is 2.03. The second kappa shape index (κ2) is 8.28. The van der Waals surface area contributed by atoms with Crippen LogP contribution in [0.1, 0.15) is 11.1 Å². The van der Waals surface area contributed by atoms with Gasteiger partial charge in [0.2, 0.25) is 0 Å². The molecule has 0 heterocycles. The molecule has 0 aromatic heterocycles. The smallest absolute Gasteiger partial charge is 0.264 e. The standard InChI is InChI=1S/C8H9.C2H6O3S.Y/c1-7-3-5-8(2)6-4-7;1-5-6(2,3)4;/h3-6H,1H2,2H3;1-2H3;/q-1;;. The Morgan fingerprint density at radius 2 is 1.53 bits per heavy atom. The maximum Gasteiger partial charge on any atom is 0.264 e. The van der Waals surface area contributed by atoms with Gasteiger partial charge in [0, 0.05) is 32.7 Å². The van der Waals surface area contributed by atoms with Gasteiger partial charge in [-0.25, -0.2) is 0 Å². The summed E-state index contributed by atoms with van der Waals surface area (Å²) >= 11 is 0. The van der Waals surface area contributed by atoms with Gasteiger partial charge in [0.15, 0.2) is 0 Å². The van der Waals surface area contributed by atoms with E-state index in [1.807, 2.05) is 12.1 Å². The molecule has 0 saturated heterocycles. The molecule has 0 spiro atoms. The predicted octanol–water partition coefficient (Wildman–Crippen LogP) is 1.77. The number of rotatable bonds is 1. The van der Waals surface area contributed by atoms with E-state index in [4.69, 9.17) is 0 Å². The van der Waals surface area contributed by atoms with Crippen LogP contribution in [0.3, 0.4) is 0 Å². The van der Waals surface area contributed by atoms with Gasteiger partial charge in [-0.1, -0.05) is 5.56 Å². The molecule has 83 valence electrons. The third-order valence-electron chi connectivity index (χ3n) is 1.42. The summed E-state index contributed by atoms with van der Waals surface area (Å²) in [7, 11) is -2.04. The molecular weight excluding hydrogens is 289 g/mol. The second-order valence-corrected chi connectivity index (χ2v) is 4.60. The zero-order valence-corrected chi connectivity index (χ0v) is 12.9. The van der Waals surface area contributed by atoms with Crippen LogP contribution in [0.5, 0.6) is 0 Å². The summed E-state index contributed by atoms with van der Waals surface area (Å²) in [5.41, 5.74) is 2.37. The van der Waals surface area contributed by atoms with Gasteiger partial charge in [0.05, 0.1) is 13.4 Å². The van der Waals surface area contributed by atoms with E-state index >= 15 is 0 Å². The van der Waals surface area contributed by atoms with E-state index in [1.165, 1.54) is 5.56 Å². The number of hydrogen-bond acceptors (Lipinski definition) is 3. The summed E-state index contributed by atoms with van der Waals surface area (Å²) in [4.78, 5) is 0. The van der Waals surface area contributed by atoms with E-state index in [0.717, 1.165) is 18.9 Å². The van der Waals surface area contributed by atoms with Crippen molar-refractivity contribution in [2.45, 2.75) is 6.92 Å². The maximum atomic E-state index is 9.78. The van der Waals surface area contributed by atoms with Crippen LogP contribution < -0.4 is 0 Å². The predicted molar refractivity (Wildman–Crippen MR) is 57.5 cm³/mol. The molecule has 0 bridgehead atoms. The van der Waals surface area contributed by atoms with Crippen LogP contribution in [0.4, 0.5) is 0 Å². The second-order valence-electron chi connectivity index (χ2n) is 2.86. The van der Waals surface area contributed by atoms with Gasteiger partial charge >= 0.3 is 0 Å². The molecule has 15 heavy (non-hydrogen) atoms. The first-order valence-corrected chi connectivity index (χ1v) is 5.81. The molecule has 1 rings (SSSR count). The topological polar surface area (TPSA) is 43.4 Å². The van der Waals surface area contributed by atoms with E-state index < -0.39 is 10.1 Å². The molecule has 5 heteroatoms. The molecule has 0 aliphatic rings. The first-order valence-electron chi connectivity index (χ1n) is 3.99. The van der Waals surface area contributed by atoms with Crippen molar-refractivity contribution < 1.29 is 45.3 Å². The van der Waals surface area contributed by atoms with Gasteiger partial charge in [-0.05, 0) is 6.92 Å². The molecule has 0 N–H and O–H groups in total. The van der Waals surface area contributed by atoms with Crippen LogP contribution in [0, 0.1) is 13.8 Å². The number of hydrogen-bond donors (Lipinski definition) is 0. The summed E-state index contributed by atoms with van der Waals surface area (Å²) in [5.74, 6) is 0. The van der Waals surface area contributed by atoms with E-state index in [2.05, 4.69) is 30.2 Å². The van der Waals surface area contributed by atoms with Crippen molar-refractivity contribution in [3.05, 3.63) is 42.3 Å². The van der Waals surface area contributed by atoms with E-state index in [1.54, 1.807) is 0 Å². The maximum absolute atomic E-state index is 9.78. The van der Waals surface area contributed by atoms with Gasteiger partial charge < -0.3 is 0 Å². The molecule has 1 radical (unpaired) electrons. The minimum Gasteiger partial charge on any atom is -0.274 e. The minimum absolute atomic E-state index is 0. The molecule has 0 amide bonds. The first kappa shape index (κ1) is 17.5. The molecule has 0 atom stereocenters. The van der Waals surface area contributed by atoms with Crippen molar-refractivity contribution in [1.29, 1.82) is 0 Å². The average Bonchev–Trinajstić information content (AvgIpc) is 2.10. The van der Waals surface area contributed by atoms with E-state index in [9.17, 15) is 8.42 Å². The van der Waals surface area contributed by atoms with Crippen LogP contribution in [-0.4, -0.2) is 21.8 Å². The fraction of sp³-hybridized carbons (Fsp3) is 0.300. The fourth-order valence-electron chi connectivity index (χ4n) is 0.588. The summed E-state index contributed by atoms with van der Waals surface area (Å²) in [6.07, 6.45) is 0.993. The van der Waals surface area contributed by atoms with Crippen molar-refractivity contribution in [2.24, 2.45) is 0 Å².